The van der Waals surface area contributed by atoms with Gasteiger partial charge >= 0.3 is 0 Å². The molecule has 1 aromatic heterocycles. The standard InChI is InChI=1S/C21H26N4O/c1-2-17-14-24(21-18-9-6-10-19(18)22-15-23-21)12-11-20(26)25(17)13-16-7-4-3-5-8-16/h3-5,7-8,15,17H,2,6,9-14H2,1H3/t17-/m0/s1. The summed E-state index contributed by atoms with van der Waals surface area (Å²) in [7, 11) is 0. The van der Waals surface area contributed by atoms with Gasteiger partial charge in [-0.1, -0.05) is 37.3 Å². The number of hydrogen-bond acceptors (Lipinski definition) is 4. The van der Waals surface area contributed by atoms with E-state index in [2.05, 4.69) is 38.8 Å². The largest absolute Gasteiger partial charge is 0.354 e. The molecule has 26 heavy (non-hydrogen) atoms. The molecule has 1 saturated heterocycles. The number of aryl methyl sites for hydroxylation is 1. The van der Waals surface area contributed by atoms with Crippen molar-refractivity contribution < 1.29 is 4.79 Å². The van der Waals surface area contributed by atoms with E-state index in [9.17, 15) is 4.79 Å². The third-order valence-electron chi connectivity index (χ3n) is 5.61. The van der Waals surface area contributed by atoms with Gasteiger partial charge in [0.2, 0.25) is 5.91 Å². The van der Waals surface area contributed by atoms with Crippen LogP contribution in [0.25, 0.3) is 0 Å². The summed E-state index contributed by atoms with van der Waals surface area (Å²) in [4.78, 5) is 26.3. The molecule has 1 aliphatic carbocycles. The Hall–Kier alpha value is -2.43. The first-order valence-corrected chi connectivity index (χ1v) is 9.67. The minimum absolute atomic E-state index is 0.206. The van der Waals surface area contributed by atoms with Gasteiger partial charge in [0, 0.05) is 43.4 Å². The smallest absolute Gasteiger partial charge is 0.224 e. The van der Waals surface area contributed by atoms with E-state index in [-0.39, 0.29) is 11.9 Å². The van der Waals surface area contributed by atoms with Crippen molar-refractivity contribution in [3.05, 3.63) is 53.5 Å². The number of carbonyl (C=O) groups excluding carboxylic acids is 1. The Bertz CT molecular complexity index is 777. The van der Waals surface area contributed by atoms with Crippen molar-refractivity contribution in [2.75, 3.05) is 18.0 Å². The quantitative estimate of drug-likeness (QED) is 0.851. The van der Waals surface area contributed by atoms with E-state index in [1.54, 1.807) is 6.33 Å². The molecule has 4 rings (SSSR count). The van der Waals surface area contributed by atoms with E-state index < -0.39 is 0 Å². The van der Waals surface area contributed by atoms with Gasteiger partial charge in [0.05, 0.1) is 0 Å². The first kappa shape index (κ1) is 17.0. The van der Waals surface area contributed by atoms with Crippen molar-refractivity contribution in [3.8, 4) is 0 Å². The number of benzene rings is 1. The Morgan fingerprint density at radius 3 is 2.77 bits per heavy atom. The fourth-order valence-electron chi connectivity index (χ4n) is 4.18. The molecule has 2 aromatic rings. The summed E-state index contributed by atoms with van der Waals surface area (Å²) in [6, 6.07) is 10.5. The number of nitrogens with zero attached hydrogens (tertiary/aromatic N) is 4. The average molecular weight is 350 g/mol. The lowest BCUT2D eigenvalue weighted by Gasteiger charge is -2.32. The molecule has 0 unspecified atom stereocenters. The lowest BCUT2D eigenvalue weighted by Crippen LogP contribution is -2.42. The van der Waals surface area contributed by atoms with Gasteiger partial charge in [-0.3, -0.25) is 4.79 Å². The molecule has 0 N–H and O–H groups in total. The minimum atomic E-state index is 0.206. The first-order chi connectivity index (χ1) is 12.8. The van der Waals surface area contributed by atoms with E-state index in [0.717, 1.165) is 44.6 Å². The molecular weight excluding hydrogens is 324 g/mol. The average Bonchev–Trinajstić information content (AvgIpc) is 3.10. The zero-order valence-corrected chi connectivity index (χ0v) is 15.4. The molecule has 0 bridgehead atoms. The number of carbonyl (C=O) groups is 1. The zero-order valence-electron chi connectivity index (χ0n) is 15.4. The highest BCUT2D eigenvalue weighted by Gasteiger charge is 2.31. The molecule has 136 valence electrons. The predicted octanol–water partition coefficient (Wildman–Crippen LogP) is 2.98. The number of hydrogen-bond donors (Lipinski definition) is 0. The highest BCUT2D eigenvalue weighted by atomic mass is 16.2. The summed E-state index contributed by atoms with van der Waals surface area (Å²) < 4.78 is 0. The third-order valence-corrected chi connectivity index (χ3v) is 5.61. The van der Waals surface area contributed by atoms with Crippen molar-refractivity contribution in [1.82, 2.24) is 14.9 Å². The molecular formula is C21H26N4O. The van der Waals surface area contributed by atoms with Crippen molar-refractivity contribution in [2.24, 2.45) is 0 Å². The van der Waals surface area contributed by atoms with Crippen LogP contribution in [0.5, 0.6) is 0 Å². The molecule has 1 atom stereocenters. The SMILES string of the molecule is CC[C@H]1CN(c2ncnc3c2CCC3)CCC(=O)N1Cc1ccccc1. The highest BCUT2D eigenvalue weighted by molar-refractivity contribution is 5.78. The van der Waals surface area contributed by atoms with Crippen LogP contribution in [-0.2, 0) is 24.2 Å². The molecule has 1 fully saturated rings. The molecule has 0 radical (unpaired) electrons. The van der Waals surface area contributed by atoms with E-state index in [1.807, 2.05) is 18.2 Å². The summed E-state index contributed by atoms with van der Waals surface area (Å²) in [5.74, 6) is 1.30. The van der Waals surface area contributed by atoms with Crippen LogP contribution in [0.2, 0.25) is 0 Å². The maximum absolute atomic E-state index is 12.9. The van der Waals surface area contributed by atoms with E-state index >= 15 is 0 Å². The number of anilines is 1. The Labute approximate surface area is 155 Å². The van der Waals surface area contributed by atoms with Crippen LogP contribution in [0.4, 0.5) is 5.82 Å². The van der Waals surface area contributed by atoms with E-state index in [1.165, 1.54) is 16.8 Å². The Morgan fingerprint density at radius 2 is 1.96 bits per heavy atom. The molecule has 1 aromatic carbocycles. The van der Waals surface area contributed by atoms with E-state index in [0.29, 0.717) is 13.0 Å². The van der Waals surface area contributed by atoms with Gasteiger partial charge in [-0.05, 0) is 31.2 Å². The molecule has 0 spiro atoms. The van der Waals surface area contributed by atoms with E-state index in [4.69, 9.17) is 0 Å². The molecule has 2 heterocycles. The minimum Gasteiger partial charge on any atom is -0.354 e. The second-order valence-corrected chi connectivity index (χ2v) is 7.24. The lowest BCUT2D eigenvalue weighted by atomic mass is 10.1. The van der Waals surface area contributed by atoms with Crippen LogP contribution >= 0.6 is 0 Å². The zero-order chi connectivity index (χ0) is 17.9. The lowest BCUT2D eigenvalue weighted by molar-refractivity contribution is -0.133. The summed E-state index contributed by atoms with van der Waals surface area (Å²) in [5.41, 5.74) is 3.68. The molecule has 1 aliphatic heterocycles. The fraction of sp³-hybridized carbons (Fsp3) is 0.476. The van der Waals surface area contributed by atoms with Crippen LogP contribution in [0, 0.1) is 0 Å². The van der Waals surface area contributed by atoms with Gasteiger partial charge < -0.3 is 9.80 Å². The van der Waals surface area contributed by atoms with Gasteiger partial charge in [-0.2, -0.15) is 0 Å². The van der Waals surface area contributed by atoms with Crippen molar-refractivity contribution in [3.63, 3.8) is 0 Å². The predicted molar refractivity (Wildman–Crippen MR) is 102 cm³/mol. The molecule has 1 amide bonds. The third kappa shape index (κ3) is 3.30. The second-order valence-electron chi connectivity index (χ2n) is 7.24. The molecule has 5 heteroatoms. The number of rotatable bonds is 4. The summed E-state index contributed by atoms with van der Waals surface area (Å²) in [5, 5.41) is 0. The van der Waals surface area contributed by atoms with Gasteiger partial charge in [0.1, 0.15) is 12.1 Å². The van der Waals surface area contributed by atoms with Crippen LogP contribution in [0.3, 0.4) is 0 Å². The molecule has 5 nitrogen and oxygen atoms in total. The Kier molecular flexibility index (Phi) is 4.87. The van der Waals surface area contributed by atoms with Crippen LogP contribution in [0.15, 0.2) is 36.7 Å². The maximum atomic E-state index is 12.9. The normalized spacial score (nSPS) is 20.2. The van der Waals surface area contributed by atoms with Gasteiger partial charge in [0.15, 0.2) is 0 Å². The second kappa shape index (κ2) is 7.44. The maximum Gasteiger partial charge on any atom is 0.224 e. The molecule has 2 aliphatic rings. The summed E-state index contributed by atoms with van der Waals surface area (Å²) in [6.45, 7) is 4.44. The fourth-order valence-corrected chi connectivity index (χ4v) is 4.18. The van der Waals surface area contributed by atoms with Gasteiger partial charge in [0.25, 0.3) is 0 Å². The van der Waals surface area contributed by atoms with Crippen molar-refractivity contribution in [1.29, 1.82) is 0 Å². The number of aromatic nitrogens is 2. The summed E-state index contributed by atoms with van der Waals surface area (Å²) >= 11 is 0. The highest BCUT2D eigenvalue weighted by Crippen LogP contribution is 2.30. The van der Waals surface area contributed by atoms with Gasteiger partial charge in [-0.15, -0.1) is 0 Å². The van der Waals surface area contributed by atoms with Crippen LogP contribution < -0.4 is 4.90 Å². The molecule has 0 saturated carbocycles. The number of fused-ring (bicyclic) bond motifs is 1. The van der Waals surface area contributed by atoms with Crippen LogP contribution in [-0.4, -0.2) is 39.9 Å². The van der Waals surface area contributed by atoms with Crippen molar-refractivity contribution in [2.45, 2.75) is 51.6 Å². The number of amides is 1. The first-order valence-electron chi connectivity index (χ1n) is 9.67. The van der Waals surface area contributed by atoms with Crippen LogP contribution in [0.1, 0.15) is 43.0 Å². The Morgan fingerprint density at radius 1 is 1.12 bits per heavy atom. The summed E-state index contributed by atoms with van der Waals surface area (Å²) in [6.07, 6.45) is 6.44. The Balaban J connectivity index is 1.58. The van der Waals surface area contributed by atoms with Crippen molar-refractivity contribution >= 4 is 11.7 Å². The van der Waals surface area contributed by atoms with Gasteiger partial charge in [-0.25, -0.2) is 9.97 Å². The topological polar surface area (TPSA) is 49.3 Å². The monoisotopic (exact) mass is 350 g/mol.